The molecule has 11 nitrogen and oxygen atoms in total. The van der Waals surface area contributed by atoms with E-state index in [1.54, 1.807) is 6.08 Å². The molecule has 0 aromatic rings. The number of hydrogen-bond acceptors (Lipinski definition) is 10. The molecule has 7 unspecified atom stereocenters. The molecule has 90 heavy (non-hydrogen) atoms. The number of hydrogen-bond donors (Lipinski definition) is 6. The summed E-state index contributed by atoms with van der Waals surface area (Å²) >= 11 is 0. The number of carbonyl (C=O) groups excluding carboxylic acids is 2. The molecule has 1 rings (SSSR count). The molecule has 6 N–H and O–H groups in total. The molecule has 1 saturated heterocycles. The maximum Gasteiger partial charge on any atom is 0.305 e. The van der Waals surface area contributed by atoms with Gasteiger partial charge in [-0.15, -0.1) is 0 Å². The minimum absolute atomic E-state index is 0.00537. The van der Waals surface area contributed by atoms with E-state index >= 15 is 0 Å². The van der Waals surface area contributed by atoms with Crippen molar-refractivity contribution in [3.8, 4) is 0 Å². The molecule has 1 fully saturated rings. The zero-order valence-electron chi connectivity index (χ0n) is 58.6. The Hall–Kier alpha value is -2.64. The predicted molar refractivity (Wildman–Crippen MR) is 380 cm³/mol. The number of ether oxygens (including phenoxy) is 3. The van der Waals surface area contributed by atoms with Gasteiger partial charge in [-0.05, 0) is 89.9 Å². The quantitative estimate of drug-likeness (QED) is 0.0195. The second-order valence-corrected chi connectivity index (χ2v) is 26.7. The Bertz CT molecular complexity index is 1680. The largest absolute Gasteiger partial charge is 0.466 e. The molecule has 7 atom stereocenters. The van der Waals surface area contributed by atoms with Gasteiger partial charge in [-0.25, -0.2) is 0 Å². The number of aliphatic hydroxyl groups is 5. The number of nitrogens with one attached hydrogen (secondary N) is 1. The van der Waals surface area contributed by atoms with Crippen LogP contribution in [-0.4, -0.2) is 100 Å². The first-order valence-electron chi connectivity index (χ1n) is 38.6. The van der Waals surface area contributed by atoms with Crippen molar-refractivity contribution in [2.45, 2.75) is 410 Å². The summed E-state index contributed by atoms with van der Waals surface area (Å²) in [6.45, 7) is 4.31. The maximum absolute atomic E-state index is 13.1. The van der Waals surface area contributed by atoms with Gasteiger partial charge in [-0.1, -0.05) is 325 Å². The molecule has 0 spiro atoms. The Kier molecular flexibility index (Phi) is 64.3. The molecule has 1 heterocycles. The molecule has 1 aliphatic heterocycles. The van der Waals surface area contributed by atoms with E-state index in [-0.39, 0.29) is 18.5 Å². The topological polar surface area (TPSA) is 175 Å². The van der Waals surface area contributed by atoms with Crippen molar-refractivity contribution >= 4 is 11.9 Å². The van der Waals surface area contributed by atoms with Crippen LogP contribution < -0.4 is 5.32 Å². The summed E-state index contributed by atoms with van der Waals surface area (Å²) in [5, 5.41) is 54.6. The highest BCUT2D eigenvalue weighted by atomic mass is 16.7. The van der Waals surface area contributed by atoms with Crippen molar-refractivity contribution in [3.05, 3.63) is 60.8 Å². The molecular formula is C79H145NO10. The van der Waals surface area contributed by atoms with E-state index in [0.29, 0.717) is 19.4 Å². The number of amides is 1. The molecule has 526 valence electrons. The lowest BCUT2D eigenvalue weighted by atomic mass is 9.99. The van der Waals surface area contributed by atoms with Crippen LogP contribution in [0.4, 0.5) is 0 Å². The summed E-state index contributed by atoms with van der Waals surface area (Å²) in [7, 11) is 0. The van der Waals surface area contributed by atoms with E-state index in [2.05, 4.69) is 67.8 Å². The smallest absolute Gasteiger partial charge is 0.305 e. The molecule has 1 amide bonds. The van der Waals surface area contributed by atoms with Crippen molar-refractivity contribution in [1.82, 2.24) is 5.32 Å². The van der Waals surface area contributed by atoms with Crippen LogP contribution in [0.25, 0.3) is 0 Å². The number of unbranched alkanes of at least 4 members (excludes halogenated alkanes) is 46. The van der Waals surface area contributed by atoms with E-state index < -0.39 is 49.5 Å². The van der Waals surface area contributed by atoms with Gasteiger partial charge in [0.15, 0.2) is 6.29 Å². The summed E-state index contributed by atoms with van der Waals surface area (Å²) in [5.41, 5.74) is 0. The van der Waals surface area contributed by atoms with Gasteiger partial charge in [0, 0.05) is 12.8 Å². The number of aliphatic hydroxyl groups excluding tert-OH is 5. The molecular weight excluding hydrogens is 1120 g/mol. The van der Waals surface area contributed by atoms with Crippen LogP contribution in [0.15, 0.2) is 60.8 Å². The first kappa shape index (κ1) is 85.4. The summed E-state index contributed by atoms with van der Waals surface area (Å²) in [4.78, 5) is 25.1. The van der Waals surface area contributed by atoms with E-state index in [4.69, 9.17) is 14.2 Å². The van der Waals surface area contributed by atoms with Gasteiger partial charge in [0.25, 0.3) is 0 Å². The highest BCUT2D eigenvalue weighted by Crippen LogP contribution is 2.23. The lowest BCUT2D eigenvalue weighted by Gasteiger charge is -2.40. The normalized spacial score (nSPS) is 18.0. The van der Waals surface area contributed by atoms with Gasteiger partial charge in [-0.3, -0.25) is 9.59 Å². The third-order valence-corrected chi connectivity index (χ3v) is 18.1. The number of esters is 1. The standard InChI is InChI=1S/C79H145NO10/c1-3-5-7-9-11-13-15-17-42-45-49-53-57-61-65-72(82)71(70-89-79-78(87)77(86)76(85)73(69-81)90-79)80-74(83)66-62-58-54-50-46-43-39-37-35-33-31-29-27-25-23-21-19-18-20-22-24-26-28-30-32-34-36-38-40-44-48-52-56-60-64-68-88-75(84)67-63-59-55-51-47-41-16-14-12-10-8-6-4-2/h8,10,14,16,20,22,26,28,61,65,71-73,76-79,81-82,85-87H,3-7,9,11-13,15,17-19,21,23-25,27,29-60,62-64,66-70H2,1-2H3,(H,80,83)/b10-8-,16-14-,22-20-,28-26-,65-61+. The zero-order valence-corrected chi connectivity index (χ0v) is 58.6. The monoisotopic (exact) mass is 1270 g/mol. The average Bonchev–Trinajstić information content (AvgIpc) is 0.980. The van der Waals surface area contributed by atoms with Gasteiger partial charge >= 0.3 is 5.97 Å². The Morgan fingerprint density at radius 1 is 0.411 bits per heavy atom. The Morgan fingerprint density at radius 3 is 1.17 bits per heavy atom. The molecule has 0 radical (unpaired) electrons. The number of rotatable bonds is 68. The van der Waals surface area contributed by atoms with Crippen LogP contribution in [0.3, 0.4) is 0 Å². The lowest BCUT2D eigenvalue weighted by Crippen LogP contribution is -2.60. The van der Waals surface area contributed by atoms with E-state index in [9.17, 15) is 35.1 Å². The lowest BCUT2D eigenvalue weighted by molar-refractivity contribution is -0.302. The molecule has 11 heteroatoms. The minimum Gasteiger partial charge on any atom is -0.466 e. The van der Waals surface area contributed by atoms with Crippen LogP contribution in [0.2, 0.25) is 0 Å². The SMILES string of the molecule is CCC/C=C\C/C=C\CCCCCCCC(=O)OCCCCCCCCCCCCC/C=C\C/C=C\CCCCCCCCCCCCCCCCCCCC(=O)NC(COC1OC(CO)C(O)C(O)C1O)C(O)/C=C/CCCCCCCCCCCCCC. The van der Waals surface area contributed by atoms with E-state index in [1.807, 2.05) is 6.08 Å². The van der Waals surface area contributed by atoms with Crippen molar-refractivity contribution in [2.75, 3.05) is 19.8 Å². The van der Waals surface area contributed by atoms with Crippen LogP contribution in [0.5, 0.6) is 0 Å². The number of carbonyl (C=O) groups is 2. The molecule has 0 aromatic carbocycles. The third kappa shape index (κ3) is 55.8. The van der Waals surface area contributed by atoms with Crippen LogP contribution in [-0.2, 0) is 23.8 Å². The van der Waals surface area contributed by atoms with E-state index in [0.717, 1.165) is 70.6 Å². The molecule has 0 bridgehead atoms. The molecule has 1 aliphatic rings. The summed E-state index contributed by atoms with van der Waals surface area (Å²) in [6, 6.07) is -0.809. The van der Waals surface area contributed by atoms with Gasteiger partial charge in [0.1, 0.15) is 24.4 Å². The molecule has 0 aromatic heterocycles. The Balaban J connectivity index is 1.95. The third-order valence-electron chi connectivity index (χ3n) is 18.1. The van der Waals surface area contributed by atoms with Gasteiger partial charge in [0.2, 0.25) is 5.91 Å². The minimum atomic E-state index is -1.57. The van der Waals surface area contributed by atoms with Crippen LogP contribution >= 0.6 is 0 Å². The fourth-order valence-corrected chi connectivity index (χ4v) is 12.0. The van der Waals surface area contributed by atoms with Crippen LogP contribution in [0, 0.1) is 0 Å². The van der Waals surface area contributed by atoms with Crippen LogP contribution in [0.1, 0.15) is 367 Å². The van der Waals surface area contributed by atoms with Gasteiger partial charge in [0.05, 0.1) is 32.0 Å². The Morgan fingerprint density at radius 2 is 0.767 bits per heavy atom. The highest BCUT2D eigenvalue weighted by Gasteiger charge is 2.44. The summed E-state index contributed by atoms with van der Waals surface area (Å²) in [5.74, 6) is -0.183. The van der Waals surface area contributed by atoms with Gasteiger partial charge < -0.3 is 45.1 Å². The highest BCUT2D eigenvalue weighted by molar-refractivity contribution is 5.76. The number of allylic oxidation sites excluding steroid dienone is 9. The average molecular weight is 1270 g/mol. The van der Waals surface area contributed by atoms with Crippen molar-refractivity contribution in [2.24, 2.45) is 0 Å². The molecule has 0 saturated carbocycles. The first-order chi connectivity index (χ1) is 44.2. The second-order valence-electron chi connectivity index (χ2n) is 26.7. The Labute approximate surface area is 554 Å². The van der Waals surface area contributed by atoms with Crippen molar-refractivity contribution in [1.29, 1.82) is 0 Å². The van der Waals surface area contributed by atoms with E-state index in [1.165, 1.54) is 270 Å². The molecule has 0 aliphatic carbocycles. The predicted octanol–water partition coefficient (Wildman–Crippen LogP) is 20.5. The second kappa shape index (κ2) is 67.8. The maximum atomic E-state index is 13.1. The fraction of sp³-hybridized carbons (Fsp3) is 0.848. The summed E-state index contributed by atoms with van der Waals surface area (Å²) in [6.07, 6.45) is 80.8. The van der Waals surface area contributed by atoms with Gasteiger partial charge in [-0.2, -0.15) is 0 Å². The zero-order chi connectivity index (χ0) is 65.1. The fourth-order valence-electron chi connectivity index (χ4n) is 12.0. The summed E-state index contributed by atoms with van der Waals surface area (Å²) < 4.78 is 16.8. The first-order valence-corrected chi connectivity index (χ1v) is 38.6. The van der Waals surface area contributed by atoms with Crippen molar-refractivity contribution < 1.29 is 49.3 Å². The van der Waals surface area contributed by atoms with Crippen molar-refractivity contribution in [3.63, 3.8) is 0 Å².